The van der Waals surface area contributed by atoms with Gasteiger partial charge in [0.15, 0.2) is 0 Å². The maximum atomic E-state index is 13.3. The molecule has 0 bridgehead atoms. The molecular weight excluding hydrogens is 295 g/mol. The van der Waals surface area contributed by atoms with Crippen LogP contribution in [-0.4, -0.2) is 62.1 Å². The van der Waals surface area contributed by atoms with Crippen molar-refractivity contribution >= 4 is 11.7 Å². The lowest BCUT2D eigenvalue weighted by Gasteiger charge is -2.20. The zero-order valence-corrected chi connectivity index (χ0v) is 14.1. The molecule has 0 aliphatic carbocycles. The zero-order chi connectivity index (χ0) is 16.7. The Balaban J connectivity index is 1.64. The second-order valence-corrected chi connectivity index (χ2v) is 6.25. The molecule has 0 saturated carbocycles. The minimum absolute atomic E-state index is 0.286. The number of urea groups is 1. The van der Waals surface area contributed by atoms with Gasteiger partial charge in [-0.05, 0) is 70.2 Å². The van der Waals surface area contributed by atoms with Crippen LogP contribution in [0.5, 0.6) is 0 Å². The maximum absolute atomic E-state index is 13.3. The van der Waals surface area contributed by atoms with Gasteiger partial charge in [0.25, 0.3) is 0 Å². The SMILES string of the molecule is Cc1cc(F)cc(NC(=O)NCCCN2CCCN(C)CC2)c1. The van der Waals surface area contributed by atoms with Crippen molar-refractivity contribution in [3.63, 3.8) is 0 Å². The van der Waals surface area contributed by atoms with Crippen molar-refractivity contribution in [1.29, 1.82) is 0 Å². The number of rotatable bonds is 5. The molecule has 128 valence electrons. The third-order valence-electron chi connectivity index (χ3n) is 4.05. The van der Waals surface area contributed by atoms with Crippen LogP contribution in [0.25, 0.3) is 0 Å². The van der Waals surface area contributed by atoms with Crippen LogP contribution in [0.2, 0.25) is 0 Å². The summed E-state index contributed by atoms with van der Waals surface area (Å²) in [5.41, 5.74) is 1.27. The van der Waals surface area contributed by atoms with E-state index in [2.05, 4.69) is 27.5 Å². The van der Waals surface area contributed by atoms with Gasteiger partial charge in [-0.3, -0.25) is 0 Å². The van der Waals surface area contributed by atoms with Gasteiger partial charge in [-0.25, -0.2) is 9.18 Å². The van der Waals surface area contributed by atoms with Crippen molar-refractivity contribution in [3.8, 4) is 0 Å². The van der Waals surface area contributed by atoms with Gasteiger partial charge in [-0.1, -0.05) is 0 Å². The molecule has 6 heteroatoms. The highest BCUT2D eigenvalue weighted by molar-refractivity contribution is 5.89. The maximum Gasteiger partial charge on any atom is 0.319 e. The number of nitrogens with one attached hydrogen (secondary N) is 2. The molecule has 1 aliphatic rings. The predicted octanol–water partition coefficient (Wildman–Crippen LogP) is 2.28. The van der Waals surface area contributed by atoms with E-state index in [1.165, 1.54) is 18.6 Å². The Morgan fingerprint density at radius 3 is 2.83 bits per heavy atom. The summed E-state index contributed by atoms with van der Waals surface area (Å²) in [7, 11) is 2.16. The fourth-order valence-corrected chi connectivity index (χ4v) is 2.81. The minimum atomic E-state index is -0.341. The summed E-state index contributed by atoms with van der Waals surface area (Å²) in [5.74, 6) is -0.341. The lowest BCUT2D eigenvalue weighted by molar-refractivity contribution is 0.248. The number of benzene rings is 1. The van der Waals surface area contributed by atoms with Crippen LogP contribution in [0, 0.1) is 12.7 Å². The highest BCUT2D eigenvalue weighted by Gasteiger charge is 2.11. The first-order valence-corrected chi connectivity index (χ1v) is 8.26. The first-order valence-electron chi connectivity index (χ1n) is 8.26. The number of likely N-dealkylation sites (N-methyl/N-ethyl adjacent to an activating group) is 1. The molecule has 1 aromatic carbocycles. The largest absolute Gasteiger partial charge is 0.338 e. The molecule has 0 unspecified atom stereocenters. The molecule has 2 N–H and O–H groups in total. The zero-order valence-electron chi connectivity index (χ0n) is 14.1. The van der Waals surface area contributed by atoms with Gasteiger partial charge in [0, 0.05) is 25.3 Å². The fraction of sp³-hybridized carbons (Fsp3) is 0.588. The minimum Gasteiger partial charge on any atom is -0.338 e. The Hall–Kier alpha value is -1.66. The first-order chi connectivity index (χ1) is 11.0. The molecule has 0 radical (unpaired) electrons. The molecule has 23 heavy (non-hydrogen) atoms. The van der Waals surface area contributed by atoms with E-state index >= 15 is 0 Å². The smallest absolute Gasteiger partial charge is 0.319 e. The van der Waals surface area contributed by atoms with Gasteiger partial charge in [-0.15, -0.1) is 0 Å². The molecule has 1 aliphatic heterocycles. The van der Waals surface area contributed by atoms with Crippen molar-refractivity contribution in [2.75, 3.05) is 51.6 Å². The quantitative estimate of drug-likeness (QED) is 0.818. The number of carbonyl (C=O) groups is 1. The highest BCUT2D eigenvalue weighted by Crippen LogP contribution is 2.12. The molecule has 0 aromatic heterocycles. The van der Waals surface area contributed by atoms with E-state index in [1.54, 1.807) is 13.0 Å². The van der Waals surface area contributed by atoms with Gasteiger partial charge in [0.1, 0.15) is 5.82 Å². The average molecular weight is 322 g/mol. The van der Waals surface area contributed by atoms with Crippen LogP contribution in [0.15, 0.2) is 18.2 Å². The number of aryl methyl sites for hydroxylation is 1. The van der Waals surface area contributed by atoms with Crippen molar-refractivity contribution < 1.29 is 9.18 Å². The summed E-state index contributed by atoms with van der Waals surface area (Å²) in [4.78, 5) is 16.6. The van der Waals surface area contributed by atoms with Crippen LogP contribution in [0.1, 0.15) is 18.4 Å². The Bertz CT molecular complexity index is 503. The fourth-order valence-electron chi connectivity index (χ4n) is 2.81. The summed E-state index contributed by atoms with van der Waals surface area (Å²) in [6.45, 7) is 7.88. The van der Waals surface area contributed by atoms with E-state index < -0.39 is 0 Å². The standard InChI is InChI=1S/C17H27FN4O/c1-14-11-15(18)13-16(12-14)20-17(23)19-5-3-7-22-8-4-6-21(2)9-10-22/h11-13H,3-10H2,1-2H3,(H2,19,20,23). The number of hydrogen-bond acceptors (Lipinski definition) is 3. The molecule has 1 heterocycles. The normalized spacial score (nSPS) is 16.8. The molecule has 1 aromatic rings. The summed E-state index contributed by atoms with van der Waals surface area (Å²) in [6.07, 6.45) is 2.11. The van der Waals surface area contributed by atoms with Gasteiger partial charge in [0.2, 0.25) is 0 Å². The van der Waals surface area contributed by atoms with E-state index in [1.807, 2.05) is 0 Å². The van der Waals surface area contributed by atoms with Crippen LogP contribution in [-0.2, 0) is 0 Å². The predicted molar refractivity (Wildman–Crippen MR) is 91.3 cm³/mol. The van der Waals surface area contributed by atoms with Gasteiger partial charge in [-0.2, -0.15) is 0 Å². The van der Waals surface area contributed by atoms with Crippen LogP contribution >= 0.6 is 0 Å². The topological polar surface area (TPSA) is 47.6 Å². The highest BCUT2D eigenvalue weighted by atomic mass is 19.1. The molecule has 0 atom stereocenters. The Morgan fingerprint density at radius 2 is 2.04 bits per heavy atom. The number of anilines is 1. The molecule has 5 nitrogen and oxygen atoms in total. The Morgan fingerprint density at radius 1 is 1.22 bits per heavy atom. The lowest BCUT2D eigenvalue weighted by Crippen LogP contribution is -2.34. The Kier molecular flexibility index (Phi) is 6.80. The third-order valence-corrected chi connectivity index (χ3v) is 4.05. The average Bonchev–Trinajstić information content (AvgIpc) is 2.67. The van der Waals surface area contributed by atoms with Crippen molar-refractivity contribution in [3.05, 3.63) is 29.6 Å². The van der Waals surface area contributed by atoms with E-state index in [-0.39, 0.29) is 11.8 Å². The van der Waals surface area contributed by atoms with E-state index in [0.717, 1.165) is 44.7 Å². The summed E-state index contributed by atoms with van der Waals surface area (Å²) >= 11 is 0. The van der Waals surface area contributed by atoms with Gasteiger partial charge < -0.3 is 20.4 Å². The molecule has 1 fully saturated rings. The van der Waals surface area contributed by atoms with Gasteiger partial charge >= 0.3 is 6.03 Å². The molecule has 2 amide bonds. The number of halogens is 1. The Labute approximate surface area is 137 Å². The van der Waals surface area contributed by atoms with E-state index in [0.29, 0.717) is 12.2 Å². The molecule has 0 spiro atoms. The molecule has 1 saturated heterocycles. The van der Waals surface area contributed by atoms with Gasteiger partial charge in [0.05, 0.1) is 0 Å². The van der Waals surface area contributed by atoms with Crippen molar-refractivity contribution in [1.82, 2.24) is 15.1 Å². The van der Waals surface area contributed by atoms with Crippen molar-refractivity contribution in [2.24, 2.45) is 0 Å². The number of hydrogen-bond donors (Lipinski definition) is 2. The number of nitrogens with zero attached hydrogens (tertiary/aromatic N) is 2. The summed E-state index contributed by atoms with van der Waals surface area (Å²) in [6, 6.07) is 4.21. The second-order valence-electron chi connectivity index (χ2n) is 6.25. The monoisotopic (exact) mass is 322 g/mol. The molecular formula is C17H27FN4O. The number of carbonyl (C=O) groups excluding carboxylic acids is 1. The second kappa shape index (κ2) is 8.84. The third kappa shape index (κ3) is 6.54. The van der Waals surface area contributed by atoms with Crippen LogP contribution < -0.4 is 10.6 Å². The molecule has 2 rings (SSSR count). The van der Waals surface area contributed by atoms with E-state index in [4.69, 9.17) is 0 Å². The van der Waals surface area contributed by atoms with Crippen LogP contribution in [0.4, 0.5) is 14.9 Å². The van der Waals surface area contributed by atoms with Crippen molar-refractivity contribution in [2.45, 2.75) is 19.8 Å². The lowest BCUT2D eigenvalue weighted by atomic mass is 10.2. The number of amides is 2. The van der Waals surface area contributed by atoms with E-state index in [9.17, 15) is 9.18 Å². The summed E-state index contributed by atoms with van der Waals surface area (Å²) in [5, 5.41) is 5.49. The first kappa shape index (κ1) is 17.7. The summed E-state index contributed by atoms with van der Waals surface area (Å²) < 4.78 is 13.3. The van der Waals surface area contributed by atoms with Crippen LogP contribution in [0.3, 0.4) is 0 Å².